The van der Waals surface area contributed by atoms with Gasteiger partial charge >= 0.3 is 0 Å². The zero-order valence-corrected chi connectivity index (χ0v) is 28.1. The summed E-state index contributed by atoms with van der Waals surface area (Å²) in [5, 5.41) is 3.50. The highest BCUT2D eigenvalue weighted by atomic mass is 35.5. The molecule has 0 saturated heterocycles. The highest BCUT2D eigenvalue weighted by Crippen LogP contribution is 2.27. The van der Waals surface area contributed by atoms with Crippen LogP contribution in [0.5, 0.6) is 5.75 Å². The fraction of sp³-hybridized carbons (Fsp3) is 0.278. The van der Waals surface area contributed by atoms with Gasteiger partial charge in [-0.15, -0.1) is 0 Å². The number of hydrogen-bond acceptors (Lipinski definition) is 5. The van der Waals surface area contributed by atoms with Gasteiger partial charge in [-0.3, -0.25) is 13.9 Å². The second kappa shape index (κ2) is 15.3. The standard InChI is InChI=1S/C36H40ClN3O5S/c1-5-45-31-21-19-30(20-22-31)40(46(43,44)32-17-10-7-11-18-32)26-34(41)39(25-28-15-12-16-29(37)23-28)33(35(42)38-36(2,3)4)24-27-13-8-6-9-14-27/h6-23,33H,5,24-26H2,1-4H3,(H,38,42). The van der Waals surface area contributed by atoms with E-state index in [-0.39, 0.29) is 29.5 Å². The Balaban J connectivity index is 1.81. The highest BCUT2D eigenvalue weighted by molar-refractivity contribution is 7.92. The number of carbonyl (C=O) groups is 2. The molecule has 0 aromatic heterocycles. The summed E-state index contributed by atoms with van der Waals surface area (Å²) in [4.78, 5) is 30.0. The summed E-state index contributed by atoms with van der Waals surface area (Å²) in [7, 11) is -4.20. The summed E-state index contributed by atoms with van der Waals surface area (Å²) >= 11 is 6.31. The van der Waals surface area contributed by atoms with E-state index >= 15 is 0 Å². The average Bonchev–Trinajstić information content (AvgIpc) is 3.02. The molecule has 1 N–H and O–H groups in total. The number of rotatable bonds is 13. The molecule has 242 valence electrons. The van der Waals surface area contributed by atoms with Gasteiger partial charge in [0.25, 0.3) is 10.0 Å². The molecule has 0 aliphatic rings. The first kappa shape index (κ1) is 34.5. The molecule has 0 bridgehead atoms. The number of hydrogen-bond donors (Lipinski definition) is 1. The Labute approximate surface area is 277 Å². The van der Waals surface area contributed by atoms with E-state index in [1.54, 1.807) is 60.7 Å². The van der Waals surface area contributed by atoms with Crippen LogP contribution in [-0.2, 0) is 32.6 Å². The second-order valence-corrected chi connectivity index (χ2v) is 14.1. The Morgan fingerprint density at radius 2 is 1.46 bits per heavy atom. The van der Waals surface area contributed by atoms with Crippen molar-refractivity contribution >= 4 is 39.1 Å². The van der Waals surface area contributed by atoms with Gasteiger partial charge < -0.3 is 15.0 Å². The minimum Gasteiger partial charge on any atom is -0.494 e. The maximum Gasteiger partial charge on any atom is 0.264 e. The predicted molar refractivity (Wildman–Crippen MR) is 182 cm³/mol. The Morgan fingerprint density at radius 3 is 2.04 bits per heavy atom. The van der Waals surface area contributed by atoms with Crippen LogP contribution in [0.3, 0.4) is 0 Å². The molecule has 0 aliphatic carbocycles. The summed E-state index contributed by atoms with van der Waals surface area (Å²) in [5.74, 6) is -0.345. The lowest BCUT2D eigenvalue weighted by atomic mass is 10.0. The van der Waals surface area contributed by atoms with Crippen LogP contribution < -0.4 is 14.4 Å². The van der Waals surface area contributed by atoms with Crippen LogP contribution in [0.25, 0.3) is 0 Å². The van der Waals surface area contributed by atoms with Crippen molar-refractivity contribution in [3.63, 3.8) is 0 Å². The van der Waals surface area contributed by atoms with Gasteiger partial charge in [0.15, 0.2) is 0 Å². The molecule has 1 atom stereocenters. The maximum absolute atomic E-state index is 14.5. The van der Waals surface area contributed by atoms with Crippen molar-refractivity contribution in [2.24, 2.45) is 0 Å². The molecule has 0 saturated carbocycles. The van der Waals surface area contributed by atoms with Crippen LogP contribution in [0.1, 0.15) is 38.8 Å². The largest absolute Gasteiger partial charge is 0.494 e. The minimum absolute atomic E-state index is 0.0248. The monoisotopic (exact) mass is 661 g/mol. The summed E-state index contributed by atoms with van der Waals surface area (Å²) < 4.78 is 34.9. The fourth-order valence-corrected chi connectivity index (χ4v) is 6.61. The molecular formula is C36H40ClN3O5S. The van der Waals surface area contributed by atoms with Gasteiger partial charge in [-0.2, -0.15) is 0 Å². The lowest BCUT2D eigenvalue weighted by molar-refractivity contribution is -0.140. The lowest BCUT2D eigenvalue weighted by Crippen LogP contribution is -2.56. The van der Waals surface area contributed by atoms with E-state index in [9.17, 15) is 18.0 Å². The molecule has 0 radical (unpaired) electrons. The molecule has 10 heteroatoms. The summed E-state index contributed by atoms with van der Waals surface area (Å²) in [6.07, 6.45) is 0.212. The summed E-state index contributed by atoms with van der Waals surface area (Å²) in [5.41, 5.74) is 1.24. The first-order valence-corrected chi connectivity index (χ1v) is 16.9. The van der Waals surface area contributed by atoms with Gasteiger partial charge in [-0.1, -0.05) is 72.3 Å². The van der Waals surface area contributed by atoms with E-state index in [0.717, 1.165) is 9.87 Å². The maximum atomic E-state index is 14.5. The molecule has 0 aliphatic heterocycles. The number of sulfonamides is 1. The van der Waals surface area contributed by atoms with Crippen molar-refractivity contribution in [2.75, 3.05) is 17.5 Å². The number of carbonyl (C=O) groups excluding carboxylic acids is 2. The molecule has 2 amide bonds. The molecule has 1 unspecified atom stereocenters. The Morgan fingerprint density at radius 1 is 0.848 bits per heavy atom. The van der Waals surface area contributed by atoms with Gasteiger partial charge in [-0.25, -0.2) is 8.42 Å². The third-order valence-electron chi connectivity index (χ3n) is 7.06. The van der Waals surface area contributed by atoms with E-state index in [2.05, 4.69) is 5.32 Å². The zero-order valence-electron chi connectivity index (χ0n) is 26.5. The number of nitrogens with zero attached hydrogens (tertiary/aromatic N) is 2. The van der Waals surface area contributed by atoms with Crippen LogP contribution in [0.15, 0.2) is 114 Å². The number of anilines is 1. The van der Waals surface area contributed by atoms with E-state index in [0.29, 0.717) is 22.9 Å². The minimum atomic E-state index is -4.20. The van der Waals surface area contributed by atoms with Gasteiger partial charge in [0, 0.05) is 23.5 Å². The molecule has 4 rings (SSSR count). The van der Waals surface area contributed by atoms with Crippen molar-refractivity contribution < 1.29 is 22.7 Å². The zero-order chi connectivity index (χ0) is 33.3. The summed E-state index contributed by atoms with van der Waals surface area (Å²) in [6, 6.07) is 30.0. The van der Waals surface area contributed by atoms with Crippen molar-refractivity contribution in [2.45, 2.75) is 57.1 Å². The van der Waals surface area contributed by atoms with E-state index in [1.165, 1.54) is 17.0 Å². The molecule has 8 nitrogen and oxygen atoms in total. The van der Waals surface area contributed by atoms with Crippen LogP contribution in [-0.4, -0.2) is 49.9 Å². The highest BCUT2D eigenvalue weighted by Gasteiger charge is 2.35. The number of amides is 2. The quantitative estimate of drug-likeness (QED) is 0.177. The molecule has 0 heterocycles. The molecule has 0 fully saturated rings. The molecule has 4 aromatic carbocycles. The van der Waals surface area contributed by atoms with Crippen molar-refractivity contribution in [1.29, 1.82) is 0 Å². The Kier molecular flexibility index (Phi) is 11.5. The topological polar surface area (TPSA) is 96.0 Å². The van der Waals surface area contributed by atoms with Crippen molar-refractivity contribution in [3.8, 4) is 5.75 Å². The van der Waals surface area contributed by atoms with E-state index in [4.69, 9.17) is 16.3 Å². The number of nitrogens with one attached hydrogen (secondary N) is 1. The number of benzene rings is 4. The smallest absolute Gasteiger partial charge is 0.264 e. The average molecular weight is 662 g/mol. The van der Waals surface area contributed by atoms with E-state index in [1.807, 2.05) is 64.1 Å². The molecular weight excluding hydrogens is 622 g/mol. The first-order valence-electron chi connectivity index (χ1n) is 15.1. The Hall–Kier alpha value is -4.34. The first-order chi connectivity index (χ1) is 21.9. The molecule has 46 heavy (non-hydrogen) atoms. The van der Waals surface area contributed by atoms with Crippen molar-refractivity contribution in [1.82, 2.24) is 10.2 Å². The van der Waals surface area contributed by atoms with Gasteiger partial charge in [-0.05, 0) is 87.4 Å². The fourth-order valence-electron chi connectivity index (χ4n) is 4.96. The number of ether oxygens (including phenoxy) is 1. The summed E-state index contributed by atoms with van der Waals surface area (Å²) in [6.45, 7) is 7.38. The SMILES string of the molecule is CCOc1ccc(N(CC(=O)N(Cc2cccc(Cl)c2)C(Cc2ccccc2)C(=O)NC(C)(C)C)S(=O)(=O)c2ccccc2)cc1. The van der Waals surface area contributed by atoms with Crippen molar-refractivity contribution in [3.05, 3.63) is 125 Å². The number of halogens is 1. The van der Waals surface area contributed by atoms with Crippen LogP contribution in [0, 0.1) is 0 Å². The molecule has 4 aromatic rings. The van der Waals surface area contributed by atoms with Crippen LogP contribution in [0.2, 0.25) is 5.02 Å². The second-order valence-electron chi connectivity index (χ2n) is 11.8. The molecule has 0 spiro atoms. The Bertz CT molecular complexity index is 1710. The van der Waals surface area contributed by atoms with E-state index < -0.39 is 34.1 Å². The lowest BCUT2D eigenvalue weighted by Gasteiger charge is -2.35. The third-order valence-corrected chi connectivity index (χ3v) is 9.08. The van der Waals surface area contributed by atoms with Gasteiger partial charge in [0.05, 0.1) is 17.2 Å². The van der Waals surface area contributed by atoms with Gasteiger partial charge in [0.1, 0.15) is 18.3 Å². The van der Waals surface area contributed by atoms with Crippen LogP contribution in [0.4, 0.5) is 5.69 Å². The predicted octanol–water partition coefficient (Wildman–Crippen LogP) is 6.49. The van der Waals surface area contributed by atoms with Crippen LogP contribution >= 0.6 is 11.6 Å². The third kappa shape index (κ3) is 9.34. The van der Waals surface area contributed by atoms with Gasteiger partial charge in [0.2, 0.25) is 11.8 Å². The normalized spacial score (nSPS) is 12.2.